The van der Waals surface area contributed by atoms with Crippen LogP contribution >= 0.6 is 23.4 Å². The number of halogens is 1. The lowest BCUT2D eigenvalue weighted by molar-refractivity contribution is -0.135. The minimum Gasteiger partial charge on any atom is -0.503 e. The zero-order chi connectivity index (χ0) is 17.3. The third-order valence-corrected chi connectivity index (χ3v) is 5.29. The highest BCUT2D eigenvalue weighted by molar-refractivity contribution is 8.04. The third-order valence-electron chi connectivity index (χ3n) is 3.65. The molecule has 0 fully saturated rings. The number of nitrogens with zero attached hydrogens (tertiary/aromatic N) is 3. The van der Waals surface area contributed by atoms with Crippen LogP contribution in [0.4, 0.5) is 5.69 Å². The molecule has 2 aliphatic rings. The van der Waals surface area contributed by atoms with Gasteiger partial charge in [0.15, 0.2) is 5.50 Å². The Balaban J connectivity index is 1.89. The van der Waals surface area contributed by atoms with Gasteiger partial charge in [-0.15, -0.1) is 0 Å². The number of fused-ring (bicyclic) bond motifs is 1. The monoisotopic (exact) mass is 365 g/mol. The molecule has 126 valence electrons. The molecule has 1 atom stereocenters. The number of esters is 1. The Morgan fingerprint density at radius 1 is 1.33 bits per heavy atom. The number of hydrazone groups is 1. The fraction of sp³-hybridized carbons (Fsp3) is 0.250. The lowest BCUT2D eigenvalue weighted by atomic mass is 10.2. The van der Waals surface area contributed by atoms with Crippen LogP contribution in [0.25, 0.3) is 0 Å². The Kier molecular flexibility index (Phi) is 4.73. The molecule has 0 saturated heterocycles. The second-order valence-electron chi connectivity index (χ2n) is 5.08. The van der Waals surface area contributed by atoms with Crippen molar-refractivity contribution >= 4 is 41.4 Å². The summed E-state index contributed by atoms with van der Waals surface area (Å²) < 4.78 is 9.89. The van der Waals surface area contributed by atoms with E-state index in [1.54, 1.807) is 6.34 Å². The van der Waals surface area contributed by atoms with Crippen molar-refractivity contribution in [3.05, 3.63) is 51.7 Å². The average Bonchev–Trinajstić information content (AvgIpc) is 3.13. The van der Waals surface area contributed by atoms with Gasteiger partial charge in [0.1, 0.15) is 11.9 Å². The number of carbonyl (C=O) groups is 1. The zero-order valence-electron chi connectivity index (χ0n) is 13.4. The van der Waals surface area contributed by atoms with Gasteiger partial charge in [0.2, 0.25) is 0 Å². The zero-order valence-corrected chi connectivity index (χ0v) is 15.0. The summed E-state index contributed by atoms with van der Waals surface area (Å²) in [5, 5.41) is 6.98. The first-order chi connectivity index (χ1) is 11.6. The summed E-state index contributed by atoms with van der Waals surface area (Å²) in [5.74, 6) is -0.443. The average molecular weight is 366 g/mol. The molecule has 0 radical (unpaired) electrons. The van der Waals surface area contributed by atoms with Gasteiger partial charge in [-0.25, -0.2) is 9.80 Å². The number of hydrogen-bond donors (Lipinski definition) is 0. The number of rotatable bonds is 4. The molecule has 0 amide bonds. The molecule has 2 heterocycles. The number of allylic oxidation sites excluding steroid dienone is 1. The SMILES string of the molecule is COC=C(C(=O)OC)C1=C(C)N2N=CN(c3ccc(Cl)cc3)C2S1. The molecule has 1 aromatic rings. The van der Waals surface area contributed by atoms with E-state index in [0.29, 0.717) is 10.6 Å². The molecule has 0 bridgehead atoms. The van der Waals surface area contributed by atoms with Crippen LogP contribution in [-0.4, -0.2) is 37.0 Å². The van der Waals surface area contributed by atoms with Gasteiger partial charge in [-0.1, -0.05) is 23.4 Å². The molecule has 2 aliphatic heterocycles. The van der Waals surface area contributed by atoms with Crippen LogP contribution in [0, 0.1) is 0 Å². The van der Waals surface area contributed by atoms with Gasteiger partial charge < -0.3 is 9.47 Å². The minimum atomic E-state index is -0.443. The van der Waals surface area contributed by atoms with Crippen molar-refractivity contribution in [2.75, 3.05) is 19.1 Å². The molecule has 0 aliphatic carbocycles. The molecule has 0 aromatic heterocycles. The molecular weight excluding hydrogens is 350 g/mol. The molecule has 24 heavy (non-hydrogen) atoms. The summed E-state index contributed by atoms with van der Waals surface area (Å²) in [6.07, 6.45) is 3.16. The fourth-order valence-corrected chi connectivity index (χ4v) is 3.95. The Morgan fingerprint density at radius 3 is 2.67 bits per heavy atom. The minimum absolute atomic E-state index is 0.105. The van der Waals surface area contributed by atoms with Gasteiger partial charge >= 0.3 is 5.97 Å². The van der Waals surface area contributed by atoms with E-state index in [2.05, 4.69) is 5.10 Å². The molecule has 3 rings (SSSR count). The number of methoxy groups -OCH3 is 2. The maximum atomic E-state index is 12.0. The van der Waals surface area contributed by atoms with Gasteiger partial charge in [0.25, 0.3) is 0 Å². The van der Waals surface area contributed by atoms with Crippen LogP contribution in [0.3, 0.4) is 0 Å². The number of benzene rings is 1. The van der Waals surface area contributed by atoms with Crippen LogP contribution in [0.2, 0.25) is 5.02 Å². The first-order valence-corrected chi connectivity index (χ1v) is 8.39. The maximum Gasteiger partial charge on any atom is 0.342 e. The van der Waals surface area contributed by atoms with Crippen molar-refractivity contribution in [2.45, 2.75) is 12.4 Å². The smallest absolute Gasteiger partial charge is 0.342 e. The predicted octanol–water partition coefficient (Wildman–Crippen LogP) is 3.37. The standard InChI is InChI=1S/C16H16ClN3O3S/c1-10-14(13(8-22-2)15(21)23-3)24-16-19(9-18-20(10)16)12-6-4-11(17)5-7-12/h4-9,16H,1-3H3. The second-order valence-corrected chi connectivity index (χ2v) is 6.58. The van der Waals surface area contributed by atoms with E-state index in [4.69, 9.17) is 21.1 Å². The van der Waals surface area contributed by atoms with Crippen molar-refractivity contribution in [1.82, 2.24) is 5.01 Å². The molecule has 0 spiro atoms. The molecule has 8 heteroatoms. The number of thioether (sulfide) groups is 1. The summed E-state index contributed by atoms with van der Waals surface area (Å²) in [7, 11) is 2.85. The third kappa shape index (κ3) is 2.85. The lowest BCUT2D eigenvalue weighted by Crippen LogP contribution is -2.33. The molecule has 0 saturated carbocycles. The maximum absolute atomic E-state index is 12.0. The van der Waals surface area contributed by atoms with Gasteiger partial charge in [-0.3, -0.25) is 4.90 Å². The highest BCUT2D eigenvalue weighted by Crippen LogP contribution is 2.46. The molecule has 1 aromatic carbocycles. The van der Waals surface area contributed by atoms with E-state index < -0.39 is 5.97 Å². The van der Waals surface area contributed by atoms with Crippen molar-refractivity contribution in [1.29, 1.82) is 0 Å². The molecule has 6 nitrogen and oxygen atoms in total. The summed E-state index contributed by atoms with van der Waals surface area (Å²) >= 11 is 7.47. The van der Waals surface area contributed by atoms with E-state index in [1.807, 2.05) is 41.1 Å². The molecule has 1 unspecified atom stereocenters. The first-order valence-electron chi connectivity index (χ1n) is 7.13. The topological polar surface area (TPSA) is 54.4 Å². The van der Waals surface area contributed by atoms with Crippen molar-refractivity contribution in [3.8, 4) is 0 Å². The molecule has 0 N–H and O–H groups in total. The van der Waals surface area contributed by atoms with Gasteiger partial charge in [0, 0.05) is 15.6 Å². The molecular formula is C16H16ClN3O3S. The van der Waals surface area contributed by atoms with Gasteiger partial charge in [-0.05, 0) is 31.2 Å². The van der Waals surface area contributed by atoms with Crippen LogP contribution in [0.1, 0.15) is 6.92 Å². The van der Waals surface area contributed by atoms with Crippen LogP contribution in [0.5, 0.6) is 0 Å². The van der Waals surface area contributed by atoms with Crippen molar-refractivity contribution in [3.63, 3.8) is 0 Å². The van der Waals surface area contributed by atoms with Gasteiger partial charge in [0.05, 0.1) is 26.2 Å². The fourth-order valence-electron chi connectivity index (χ4n) is 2.48. The summed E-state index contributed by atoms with van der Waals surface area (Å²) in [6.45, 7) is 1.91. The summed E-state index contributed by atoms with van der Waals surface area (Å²) in [5.41, 5.74) is 2.10. The number of hydrogen-bond acceptors (Lipinski definition) is 7. The second kappa shape index (κ2) is 6.78. The normalized spacial score (nSPS) is 19.8. The van der Waals surface area contributed by atoms with Crippen LogP contribution < -0.4 is 4.90 Å². The number of ether oxygens (including phenoxy) is 2. The van der Waals surface area contributed by atoms with Crippen LogP contribution in [-0.2, 0) is 14.3 Å². The summed E-state index contributed by atoms with van der Waals surface area (Å²) in [6, 6.07) is 7.52. The first kappa shape index (κ1) is 16.7. The van der Waals surface area contributed by atoms with E-state index in [1.165, 1.54) is 32.2 Å². The number of anilines is 1. The largest absolute Gasteiger partial charge is 0.503 e. The highest BCUT2D eigenvalue weighted by atomic mass is 35.5. The van der Waals surface area contributed by atoms with E-state index in [-0.39, 0.29) is 5.50 Å². The summed E-state index contributed by atoms with van der Waals surface area (Å²) in [4.78, 5) is 14.8. The Morgan fingerprint density at radius 2 is 2.04 bits per heavy atom. The van der Waals surface area contributed by atoms with Crippen molar-refractivity contribution in [2.24, 2.45) is 5.10 Å². The Labute approximate surface area is 149 Å². The Hall–Kier alpha value is -2.12. The lowest BCUT2D eigenvalue weighted by Gasteiger charge is -2.24. The van der Waals surface area contributed by atoms with E-state index >= 15 is 0 Å². The number of carbonyl (C=O) groups excluding carboxylic acids is 1. The quantitative estimate of drug-likeness (QED) is 0.463. The van der Waals surface area contributed by atoms with Crippen LogP contribution in [0.15, 0.2) is 51.8 Å². The van der Waals surface area contributed by atoms with Gasteiger partial charge in [-0.2, -0.15) is 5.10 Å². The predicted molar refractivity (Wildman–Crippen MR) is 95.4 cm³/mol. The van der Waals surface area contributed by atoms with E-state index in [0.717, 1.165) is 16.3 Å². The highest BCUT2D eigenvalue weighted by Gasteiger charge is 2.40. The van der Waals surface area contributed by atoms with Crippen molar-refractivity contribution < 1.29 is 14.3 Å². The van der Waals surface area contributed by atoms with E-state index in [9.17, 15) is 4.79 Å². The Bertz CT molecular complexity index is 745.